The van der Waals surface area contributed by atoms with Gasteiger partial charge in [0.15, 0.2) is 17.9 Å². The van der Waals surface area contributed by atoms with E-state index in [0.717, 1.165) is 0 Å². The van der Waals surface area contributed by atoms with Crippen LogP contribution >= 0.6 is 0 Å². The molecule has 4 rings (SSSR count). The number of carbonyl (C=O) groups excluding carboxylic acids is 1. The predicted octanol–water partition coefficient (Wildman–Crippen LogP) is 1.98. The van der Waals surface area contributed by atoms with Gasteiger partial charge >= 0.3 is 5.63 Å². The van der Waals surface area contributed by atoms with Crippen LogP contribution in [0.5, 0.6) is 11.5 Å². The number of phenolic OH excluding ortho intramolecular Hbond substituents is 1. The molecule has 0 spiro atoms. The van der Waals surface area contributed by atoms with Crippen molar-refractivity contribution in [3.05, 3.63) is 40.8 Å². The first kappa shape index (κ1) is 11.8. The van der Waals surface area contributed by atoms with Gasteiger partial charge in [0, 0.05) is 10.8 Å². The Morgan fingerprint density at radius 1 is 1.05 bits per heavy atom. The van der Waals surface area contributed by atoms with Crippen LogP contribution in [0.1, 0.15) is 0 Å². The van der Waals surface area contributed by atoms with E-state index in [1.165, 1.54) is 12.1 Å². The number of aromatic hydroxyl groups is 1. The van der Waals surface area contributed by atoms with E-state index in [-0.39, 0.29) is 23.8 Å². The fourth-order valence-corrected chi connectivity index (χ4v) is 2.53. The van der Waals surface area contributed by atoms with Gasteiger partial charge in [-0.25, -0.2) is 4.79 Å². The normalized spacial score (nSPS) is 13.8. The lowest BCUT2D eigenvalue weighted by Gasteiger charge is -2.18. The first-order chi connectivity index (χ1) is 10.1. The molecule has 0 saturated carbocycles. The fourth-order valence-electron chi connectivity index (χ4n) is 2.53. The second-order valence-electron chi connectivity index (χ2n) is 4.78. The maximum absolute atomic E-state index is 12.1. The summed E-state index contributed by atoms with van der Waals surface area (Å²) in [6, 6.07) is 7.95. The van der Waals surface area contributed by atoms with Crippen LogP contribution < -0.4 is 15.7 Å². The smallest absolute Gasteiger partial charge is 0.344 e. The van der Waals surface area contributed by atoms with E-state index < -0.39 is 5.63 Å². The summed E-state index contributed by atoms with van der Waals surface area (Å²) >= 11 is 0. The molecule has 104 valence electrons. The SMILES string of the molecule is O=C1COc2c(ccc3c2oc(=O)c2cc(O)ccc23)N1. The second-order valence-corrected chi connectivity index (χ2v) is 4.78. The molecule has 0 aliphatic carbocycles. The van der Waals surface area contributed by atoms with Crippen molar-refractivity contribution in [2.45, 2.75) is 0 Å². The van der Waals surface area contributed by atoms with Crippen LogP contribution in [0.25, 0.3) is 21.7 Å². The zero-order valence-electron chi connectivity index (χ0n) is 10.7. The number of anilines is 1. The molecule has 3 aromatic rings. The number of hydrogen-bond donors (Lipinski definition) is 2. The number of ether oxygens (including phenoxy) is 1. The summed E-state index contributed by atoms with van der Waals surface area (Å²) < 4.78 is 10.7. The van der Waals surface area contributed by atoms with E-state index in [0.29, 0.717) is 27.6 Å². The van der Waals surface area contributed by atoms with Gasteiger partial charge < -0.3 is 19.6 Å². The van der Waals surface area contributed by atoms with Gasteiger partial charge in [-0.15, -0.1) is 0 Å². The largest absolute Gasteiger partial charge is 0.508 e. The highest BCUT2D eigenvalue weighted by Gasteiger charge is 2.21. The Balaban J connectivity index is 2.15. The van der Waals surface area contributed by atoms with Gasteiger partial charge in [0.25, 0.3) is 5.91 Å². The molecule has 1 amide bonds. The molecule has 2 N–H and O–H groups in total. The summed E-state index contributed by atoms with van der Waals surface area (Å²) in [5, 5.41) is 13.8. The van der Waals surface area contributed by atoms with Gasteiger partial charge in [-0.2, -0.15) is 0 Å². The van der Waals surface area contributed by atoms with Gasteiger partial charge in [-0.3, -0.25) is 4.79 Å². The number of benzene rings is 2. The molecule has 2 aromatic carbocycles. The minimum atomic E-state index is -0.567. The average Bonchev–Trinajstić information content (AvgIpc) is 2.47. The maximum atomic E-state index is 12.1. The van der Waals surface area contributed by atoms with E-state index in [2.05, 4.69) is 5.32 Å². The molecule has 0 saturated heterocycles. The van der Waals surface area contributed by atoms with Crippen molar-refractivity contribution in [2.75, 3.05) is 11.9 Å². The van der Waals surface area contributed by atoms with E-state index in [9.17, 15) is 14.7 Å². The lowest BCUT2D eigenvalue weighted by molar-refractivity contribution is -0.118. The Morgan fingerprint density at radius 3 is 2.71 bits per heavy atom. The Morgan fingerprint density at radius 2 is 1.86 bits per heavy atom. The molecule has 1 aromatic heterocycles. The number of nitrogens with one attached hydrogen (secondary N) is 1. The van der Waals surface area contributed by atoms with Crippen LogP contribution in [-0.4, -0.2) is 17.6 Å². The van der Waals surface area contributed by atoms with Gasteiger partial charge in [-0.1, -0.05) is 0 Å². The van der Waals surface area contributed by atoms with Crippen molar-refractivity contribution < 1.29 is 19.1 Å². The van der Waals surface area contributed by atoms with E-state index in [1.54, 1.807) is 18.2 Å². The summed E-state index contributed by atoms with van der Waals surface area (Å²) in [7, 11) is 0. The molecule has 2 heterocycles. The lowest BCUT2D eigenvalue weighted by atomic mass is 10.1. The predicted molar refractivity (Wildman–Crippen MR) is 75.8 cm³/mol. The fraction of sp³-hybridized carbons (Fsp3) is 0.0667. The molecule has 0 fully saturated rings. The maximum Gasteiger partial charge on any atom is 0.344 e. The van der Waals surface area contributed by atoms with Crippen molar-refractivity contribution >= 4 is 33.3 Å². The molecule has 6 nitrogen and oxygen atoms in total. The van der Waals surface area contributed by atoms with Crippen LogP contribution in [0, 0.1) is 0 Å². The first-order valence-electron chi connectivity index (χ1n) is 6.29. The Bertz CT molecular complexity index is 973. The highest BCUT2D eigenvalue weighted by Crippen LogP contribution is 2.38. The summed E-state index contributed by atoms with van der Waals surface area (Å²) in [5.74, 6) is 0.0877. The van der Waals surface area contributed by atoms with E-state index in [1.807, 2.05) is 0 Å². The Kier molecular flexibility index (Phi) is 2.24. The monoisotopic (exact) mass is 283 g/mol. The molecule has 0 bridgehead atoms. The minimum Gasteiger partial charge on any atom is -0.508 e. The van der Waals surface area contributed by atoms with Crippen LogP contribution in [0.2, 0.25) is 0 Å². The third-order valence-electron chi connectivity index (χ3n) is 3.44. The molecule has 0 radical (unpaired) electrons. The van der Waals surface area contributed by atoms with Crippen LogP contribution in [0.3, 0.4) is 0 Å². The number of hydrogen-bond acceptors (Lipinski definition) is 5. The molecule has 1 aliphatic heterocycles. The lowest BCUT2D eigenvalue weighted by Crippen LogP contribution is -2.25. The van der Waals surface area contributed by atoms with Gasteiger partial charge in [0.05, 0.1) is 11.1 Å². The van der Waals surface area contributed by atoms with Crippen LogP contribution in [0.4, 0.5) is 5.69 Å². The third-order valence-corrected chi connectivity index (χ3v) is 3.44. The van der Waals surface area contributed by atoms with E-state index in [4.69, 9.17) is 9.15 Å². The highest BCUT2D eigenvalue weighted by atomic mass is 16.5. The quantitative estimate of drug-likeness (QED) is 0.486. The molecule has 21 heavy (non-hydrogen) atoms. The highest BCUT2D eigenvalue weighted by molar-refractivity contribution is 6.09. The zero-order chi connectivity index (χ0) is 14.6. The van der Waals surface area contributed by atoms with Crippen LogP contribution in [0.15, 0.2) is 39.5 Å². The third kappa shape index (κ3) is 1.66. The van der Waals surface area contributed by atoms with Crippen molar-refractivity contribution in [2.24, 2.45) is 0 Å². The zero-order valence-corrected chi connectivity index (χ0v) is 10.7. The minimum absolute atomic E-state index is 0.00405. The van der Waals surface area contributed by atoms with Crippen molar-refractivity contribution in [1.82, 2.24) is 0 Å². The van der Waals surface area contributed by atoms with Crippen molar-refractivity contribution in [1.29, 1.82) is 0 Å². The standard InChI is InChI=1S/C15H9NO5/c17-7-1-2-8-9-3-4-11-14(20-6-12(18)16-11)13(9)21-15(19)10(8)5-7/h1-5,17H,6H2,(H,16,18). The summed E-state index contributed by atoms with van der Waals surface area (Å²) in [6.07, 6.45) is 0. The molecular weight excluding hydrogens is 274 g/mol. The number of carbonyl (C=O) groups is 1. The van der Waals surface area contributed by atoms with E-state index >= 15 is 0 Å². The second kappa shape index (κ2) is 3.99. The number of phenols is 1. The summed E-state index contributed by atoms with van der Waals surface area (Å²) in [6.45, 7) is -0.122. The molecule has 0 unspecified atom stereocenters. The molecule has 6 heteroatoms. The topological polar surface area (TPSA) is 88.8 Å². The van der Waals surface area contributed by atoms with Gasteiger partial charge in [0.1, 0.15) is 5.75 Å². The van der Waals surface area contributed by atoms with Gasteiger partial charge in [0.2, 0.25) is 0 Å². The Hall–Kier alpha value is -3.02. The average molecular weight is 283 g/mol. The summed E-state index contributed by atoms with van der Waals surface area (Å²) in [4.78, 5) is 23.4. The Labute approximate surface area is 117 Å². The van der Waals surface area contributed by atoms with Crippen LogP contribution in [-0.2, 0) is 4.79 Å². The van der Waals surface area contributed by atoms with Crippen molar-refractivity contribution in [3.8, 4) is 11.5 Å². The molecular formula is C15H9NO5. The number of fused-ring (bicyclic) bond motifs is 5. The van der Waals surface area contributed by atoms with Gasteiger partial charge in [-0.05, 0) is 30.3 Å². The number of amides is 1. The molecule has 1 aliphatic rings. The van der Waals surface area contributed by atoms with Crippen molar-refractivity contribution in [3.63, 3.8) is 0 Å². The summed E-state index contributed by atoms with van der Waals surface area (Å²) in [5.41, 5.74) is 0.193. The molecule has 0 atom stereocenters. The first-order valence-corrected chi connectivity index (χ1v) is 6.29. The number of rotatable bonds is 0.